The molecule has 0 bridgehead atoms. The lowest BCUT2D eigenvalue weighted by atomic mass is 9.98. The van der Waals surface area contributed by atoms with Crippen molar-refractivity contribution in [1.82, 2.24) is 15.5 Å². The largest absolute Gasteiger partial charge is 0.339 e. The Labute approximate surface area is 115 Å². The third-order valence-corrected chi connectivity index (χ3v) is 3.68. The van der Waals surface area contributed by atoms with Crippen LogP contribution < -0.4 is 5.32 Å². The molecule has 0 spiro atoms. The zero-order valence-electron chi connectivity index (χ0n) is 11.1. The van der Waals surface area contributed by atoms with Crippen molar-refractivity contribution in [3.63, 3.8) is 0 Å². The van der Waals surface area contributed by atoms with Gasteiger partial charge in [-0.2, -0.15) is 4.98 Å². The Morgan fingerprint density at radius 1 is 1.35 bits per heavy atom. The molecule has 0 radical (unpaired) electrons. The summed E-state index contributed by atoms with van der Waals surface area (Å²) in [6, 6.07) is 3.49. The van der Waals surface area contributed by atoms with Crippen molar-refractivity contribution < 1.29 is 13.3 Å². The van der Waals surface area contributed by atoms with Gasteiger partial charge in [0.15, 0.2) is 5.82 Å². The van der Waals surface area contributed by atoms with Crippen molar-refractivity contribution in [3.05, 3.63) is 47.1 Å². The van der Waals surface area contributed by atoms with Crippen molar-refractivity contribution >= 4 is 0 Å². The Balaban J connectivity index is 1.77. The van der Waals surface area contributed by atoms with Gasteiger partial charge in [0.1, 0.15) is 11.6 Å². The fraction of sp³-hybridized carbons (Fsp3) is 0.429. The topological polar surface area (TPSA) is 51.0 Å². The van der Waals surface area contributed by atoms with E-state index in [1.807, 2.05) is 0 Å². The van der Waals surface area contributed by atoms with Gasteiger partial charge in [0.05, 0.1) is 5.92 Å². The Kier molecular flexibility index (Phi) is 3.48. The smallest absolute Gasteiger partial charge is 0.231 e. The van der Waals surface area contributed by atoms with Gasteiger partial charge >= 0.3 is 0 Å². The van der Waals surface area contributed by atoms with Gasteiger partial charge in [0, 0.05) is 19.0 Å². The van der Waals surface area contributed by atoms with E-state index in [1.165, 1.54) is 12.1 Å². The molecular formula is C14H15F2N3O. The molecule has 2 heterocycles. The maximum atomic E-state index is 13.6. The van der Waals surface area contributed by atoms with Gasteiger partial charge in [-0.15, -0.1) is 0 Å². The molecule has 2 aromatic rings. The number of hydrogen-bond acceptors (Lipinski definition) is 4. The van der Waals surface area contributed by atoms with Crippen LogP contribution in [0, 0.1) is 17.6 Å². The van der Waals surface area contributed by atoms with Crippen LogP contribution in [0.2, 0.25) is 0 Å². The van der Waals surface area contributed by atoms with Crippen LogP contribution >= 0.6 is 0 Å². The maximum Gasteiger partial charge on any atom is 0.231 e. The van der Waals surface area contributed by atoms with E-state index in [-0.39, 0.29) is 12.3 Å². The summed E-state index contributed by atoms with van der Waals surface area (Å²) >= 11 is 0. The lowest BCUT2D eigenvalue weighted by Gasteiger charge is -2.07. The summed E-state index contributed by atoms with van der Waals surface area (Å²) in [6.45, 7) is 3.86. The monoisotopic (exact) mass is 279 g/mol. The predicted molar refractivity (Wildman–Crippen MR) is 68.2 cm³/mol. The molecule has 6 heteroatoms. The van der Waals surface area contributed by atoms with Gasteiger partial charge in [-0.05, 0) is 24.1 Å². The minimum atomic E-state index is -0.592. The first kappa shape index (κ1) is 13.2. The van der Waals surface area contributed by atoms with Gasteiger partial charge < -0.3 is 9.84 Å². The molecule has 0 aliphatic carbocycles. The van der Waals surface area contributed by atoms with Crippen molar-refractivity contribution in [3.8, 4) is 0 Å². The highest BCUT2D eigenvalue weighted by molar-refractivity contribution is 5.21. The van der Waals surface area contributed by atoms with Gasteiger partial charge in [0.2, 0.25) is 5.89 Å². The first-order valence-corrected chi connectivity index (χ1v) is 6.60. The molecule has 20 heavy (non-hydrogen) atoms. The molecule has 1 aromatic carbocycles. The molecule has 1 aromatic heterocycles. The highest BCUT2D eigenvalue weighted by Crippen LogP contribution is 2.26. The van der Waals surface area contributed by atoms with Crippen LogP contribution in [0.1, 0.15) is 30.1 Å². The third-order valence-electron chi connectivity index (χ3n) is 3.68. The molecule has 1 aliphatic heterocycles. The number of hydrogen-bond donors (Lipinski definition) is 1. The zero-order chi connectivity index (χ0) is 14.1. The molecular weight excluding hydrogens is 264 g/mol. The molecule has 1 N–H and O–H groups in total. The maximum absolute atomic E-state index is 13.6. The number of nitrogens with one attached hydrogen (secondary N) is 1. The Morgan fingerprint density at radius 2 is 2.20 bits per heavy atom. The van der Waals surface area contributed by atoms with Crippen molar-refractivity contribution in [1.29, 1.82) is 0 Å². The van der Waals surface area contributed by atoms with Crippen molar-refractivity contribution in [2.45, 2.75) is 19.3 Å². The zero-order valence-corrected chi connectivity index (χ0v) is 11.1. The lowest BCUT2D eigenvalue weighted by Crippen LogP contribution is -2.08. The minimum Gasteiger partial charge on any atom is -0.339 e. The highest BCUT2D eigenvalue weighted by atomic mass is 19.1. The lowest BCUT2D eigenvalue weighted by molar-refractivity contribution is 0.337. The molecule has 2 unspecified atom stereocenters. The number of halogens is 2. The summed E-state index contributed by atoms with van der Waals surface area (Å²) in [5.41, 5.74) is 0.358. The average Bonchev–Trinajstić information content (AvgIpc) is 3.01. The summed E-state index contributed by atoms with van der Waals surface area (Å²) in [4.78, 5) is 4.32. The van der Waals surface area contributed by atoms with Crippen LogP contribution in [0.3, 0.4) is 0 Å². The van der Waals surface area contributed by atoms with Gasteiger partial charge in [-0.25, -0.2) is 8.78 Å². The molecule has 0 saturated carbocycles. The van der Waals surface area contributed by atoms with E-state index < -0.39 is 11.6 Å². The fourth-order valence-electron chi connectivity index (χ4n) is 2.47. The molecule has 1 aliphatic rings. The third kappa shape index (κ3) is 2.56. The highest BCUT2D eigenvalue weighted by Gasteiger charge is 2.29. The Morgan fingerprint density at radius 3 is 2.90 bits per heavy atom. The predicted octanol–water partition coefficient (Wildman–Crippen LogP) is 2.26. The average molecular weight is 279 g/mol. The molecule has 0 amide bonds. The number of benzene rings is 1. The van der Waals surface area contributed by atoms with Crippen LogP contribution in [0.25, 0.3) is 0 Å². The summed E-state index contributed by atoms with van der Waals surface area (Å²) in [5.74, 6) is 0.461. The Hall–Kier alpha value is -1.82. The van der Waals surface area contributed by atoms with Gasteiger partial charge in [-0.3, -0.25) is 0 Å². The molecule has 1 saturated heterocycles. The van der Waals surface area contributed by atoms with Gasteiger partial charge in [-0.1, -0.05) is 18.1 Å². The number of aromatic nitrogens is 2. The van der Waals surface area contributed by atoms with E-state index in [2.05, 4.69) is 22.4 Å². The van der Waals surface area contributed by atoms with E-state index in [1.54, 1.807) is 0 Å². The van der Waals surface area contributed by atoms with E-state index >= 15 is 0 Å². The second-order valence-electron chi connectivity index (χ2n) is 5.20. The van der Waals surface area contributed by atoms with Crippen molar-refractivity contribution in [2.24, 2.45) is 5.92 Å². The summed E-state index contributed by atoms with van der Waals surface area (Å²) in [6.07, 6.45) is 0.199. The van der Waals surface area contributed by atoms with E-state index in [9.17, 15) is 8.78 Å². The molecule has 4 nitrogen and oxygen atoms in total. The quantitative estimate of drug-likeness (QED) is 0.936. The number of rotatable bonds is 3. The second kappa shape index (κ2) is 5.28. The summed E-state index contributed by atoms with van der Waals surface area (Å²) in [5, 5.41) is 7.15. The van der Waals surface area contributed by atoms with Crippen LogP contribution in [0.15, 0.2) is 22.7 Å². The minimum absolute atomic E-state index is 0.199. The first-order chi connectivity index (χ1) is 9.63. The van der Waals surface area contributed by atoms with Crippen LogP contribution in [-0.2, 0) is 6.42 Å². The van der Waals surface area contributed by atoms with Crippen LogP contribution in [0.5, 0.6) is 0 Å². The van der Waals surface area contributed by atoms with Crippen molar-refractivity contribution in [2.75, 3.05) is 13.1 Å². The fourth-order valence-corrected chi connectivity index (χ4v) is 2.47. The van der Waals surface area contributed by atoms with E-state index in [0.717, 1.165) is 19.2 Å². The Bertz CT molecular complexity index is 614. The van der Waals surface area contributed by atoms with Crippen LogP contribution in [-0.4, -0.2) is 23.2 Å². The van der Waals surface area contributed by atoms with Crippen LogP contribution in [0.4, 0.5) is 8.78 Å². The summed E-state index contributed by atoms with van der Waals surface area (Å²) < 4.78 is 31.7. The van der Waals surface area contributed by atoms with Gasteiger partial charge in [0.25, 0.3) is 0 Å². The molecule has 106 valence electrons. The molecule has 3 rings (SSSR count). The number of nitrogens with zero attached hydrogens (tertiary/aromatic N) is 2. The normalized spacial score (nSPS) is 22.4. The summed E-state index contributed by atoms with van der Waals surface area (Å²) in [7, 11) is 0. The second-order valence-corrected chi connectivity index (χ2v) is 5.20. The SMILES string of the molecule is CC1CNCC1c1nc(Cc2ccc(F)cc2F)no1. The molecule has 1 fully saturated rings. The molecule has 2 atom stereocenters. The van der Waals surface area contributed by atoms with E-state index in [4.69, 9.17) is 4.52 Å². The first-order valence-electron chi connectivity index (χ1n) is 6.60. The van der Waals surface area contributed by atoms with E-state index in [0.29, 0.717) is 23.2 Å². The standard InChI is InChI=1S/C14H15F2N3O/c1-8-6-17-7-11(8)14-18-13(19-20-14)4-9-2-3-10(15)5-12(9)16/h2-3,5,8,11,17H,4,6-7H2,1H3.